The number of hydrogen-bond donors (Lipinski definition) is 1. The van der Waals surface area contributed by atoms with Crippen molar-refractivity contribution >= 4 is 17.8 Å². The van der Waals surface area contributed by atoms with Gasteiger partial charge in [-0.2, -0.15) is 0 Å². The summed E-state index contributed by atoms with van der Waals surface area (Å²) in [6, 6.07) is -2.11. The summed E-state index contributed by atoms with van der Waals surface area (Å²) >= 11 is 0. The van der Waals surface area contributed by atoms with Crippen molar-refractivity contribution in [2.45, 2.75) is 44.9 Å². The molecular formula is C12H17NO5. The Labute approximate surface area is 105 Å². The molecule has 0 radical (unpaired) electrons. The molecular weight excluding hydrogens is 238 g/mol. The van der Waals surface area contributed by atoms with Crippen molar-refractivity contribution < 1.29 is 24.2 Å². The molecule has 0 spiro atoms. The monoisotopic (exact) mass is 255 g/mol. The molecule has 6 heteroatoms. The second-order valence-corrected chi connectivity index (χ2v) is 5.09. The molecule has 0 aliphatic carbocycles. The number of ketones is 1. The van der Waals surface area contributed by atoms with Crippen LogP contribution in [0.3, 0.4) is 0 Å². The van der Waals surface area contributed by atoms with E-state index in [0.717, 1.165) is 4.90 Å². The Balaban J connectivity index is 2.99. The van der Waals surface area contributed by atoms with E-state index < -0.39 is 29.7 Å². The van der Waals surface area contributed by atoms with Gasteiger partial charge in [-0.3, -0.25) is 9.69 Å². The molecule has 1 fully saturated rings. The first-order valence-corrected chi connectivity index (χ1v) is 5.56. The molecule has 1 amide bonds. The van der Waals surface area contributed by atoms with Gasteiger partial charge in [-0.25, -0.2) is 9.59 Å². The zero-order chi connectivity index (χ0) is 14.1. The summed E-state index contributed by atoms with van der Waals surface area (Å²) < 4.78 is 5.11. The van der Waals surface area contributed by atoms with Gasteiger partial charge in [0, 0.05) is 6.42 Å². The maximum Gasteiger partial charge on any atom is 0.411 e. The summed E-state index contributed by atoms with van der Waals surface area (Å²) in [4.78, 5) is 35.5. The van der Waals surface area contributed by atoms with Gasteiger partial charge in [-0.15, -0.1) is 6.58 Å². The van der Waals surface area contributed by atoms with Crippen molar-refractivity contribution in [1.82, 2.24) is 4.90 Å². The lowest BCUT2D eigenvalue weighted by Gasteiger charge is -2.29. The first-order valence-electron chi connectivity index (χ1n) is 5.56. The van der Waals surface area contributed by atoms with Crippen LogP contribution in [0.4, 0.5) is 4.79 Å². The molecule has 0 bridgehead atoms. The van der Waals surface area contributed by atoms with E-state index in [4.69, 9.17) is 9.84 Å². The molecule has 2 atom stereocenters. The smallest absolute Gasteiger partial charge is 0.411 e. The number of Topliss-reactive ketones (excluding diaryl/α,β-unsaturated/α-hetero) is 1. The van der Waals surface area contributed by atoms with E-state index in [2.05, 4.69) is 6.58 Å². The quantitative estimate of drug-likeness (QED) is 0.749. The van der Waals surface area contributed by atoms with Crippen molar-refractivity contribution in [3.05, 3.63) is 12.7 Å². The highest BCUT2D eigenvalue weighted by atomic mass is 16.6. The van der Waals surface area contributed by atoms with Crippen LogP contribution in [0.25, 0.3) is 0 Å². The van der Waals surface area contributed by atoms with Crippen molar-refractivity contribution in [1.29, 1.82) is 0 Å². The average Bonchev–Trinajstić information content (AvgIpc) is 2.52. The van der Waals surface area contributed by atoms with Gasteiger partial charge in [0.25, 0.3) is 0 Å². The van der Waals surface area contributed by atoms with Gasteiger partial charge in [0.15, 0.2) is 5.78 Å². The van der Waals surface area contributed by atoms with Gasteiger partial charge in [0.05, 0.1) is 0 Å². The molecule has 100 valence electrons. The number of nitrogens with zero attached hydrogens (tertiary/aromatic N) is 1. The van der Waals surface area contributed by atoms with E-state index in [0.29, 0.717) is 0 Å². The largest absolute Gasteiger partial charge is 0.480 e. The van der Waals surface area contributed by atoms with Crippen LogP contribution in [0.15, 0.2) is 12.7 Å². The van der Waals surface area contributed by atoms with Crippen LogP contribution in [-0.2, 0) is 14.3 Å². The third-order valence-corrected chi connectivity index (χ3v) is 2.47. The van der Waals surface area contributed by atoms with Crippen LogP contribution < -0.4 is 0 Å². The van der Waals surface area contributed by atoms with Crippen LogP contribution in [0, 0.1) is 0 Å². The minimum absolute atomic E-state index is 0.217. The van der Waals surface area contributed by atoms with Crippen molar-refractivity contribution in [3.63, 3.8) is 0 Å². The number of amides is 1. The Morgan fingerprint density at radius 3 is 2.44 bits per heavy atom. The summed E-state index contributed by atoms with van der Waals surface area (Å²) in [6.45, 7) is 8.46. The Bertz CT molecular complexity index is 396. The Morgan fingerprint density at radius 2 is 2.06 bits per heavy atom. The molecule has 1 aliphatic rings. The maximum absolute atomic E-state index is 11.9. The molecule has 1 rings (SSSR count). The van der Waals surface area contributed by atoms with E-state index in [9.17, 15) is 14.4 Å². The zero-order valence-corrected chi connectivity index (χ0v) is 10.7. The highest BCUT2D eigenvalue weighted by Crippen LogP contribution is 2.25. The van der Waals surface area contributed by atoms with E-state index in [1.54, 1.807) is 20.8 Å². The fourth-order valence-electron chi connectivity index (χ4n) is 1.77. The third-order valence-electron chi connectivity index (χ3n) is 2.47. The van der Waals surface area contributed by atoms with Crippen molar-refractivity contribution in [2.75, 3.05) is 0 Å². The van der Waals surface area contributed by atoms with E-state index in [1.165, 1.54) is 6.08 Å². The summed E-state index contributed by atoms with van der Waals surface area (Å²) in [5.74, 6) is -1.57. The van der Waals surface area contributed by atoms with Crippen LogP contribution in [0.2, 0.25) is 0 Å². The molecule has 0 aromatic heterocycles. The zero-order valence-electron chi connectivity index (χ0n) is 10.7. The highest BCUT2D eigenvalue weighted by molar-refractivity contribution is 5.98. The SMILES string of the molecule is C=C[C@H]1C(=O)CC(C(=O)O)N1C(=O)OC(C)(C)C. The van der Waals surface area contributed by atoms with Gasteiger partial charge >= 0.3 is 12.1 Å². The molecule has 1 heterocycles. The number of carboxylic acid groups (broad SMARTS) is 1. The molecule has 1 aliphatic heterocycles. The minimum atomic E-state index is -1.22. The molecule has 1 saturated heterocycles. The fraction of sp³-hybridized carbons (Fsp3) is 0.583. The van der Waals surface area contributed by atoms with Gasteiger partial charge in [-0.05, 0) is 20.8 Å². The summed E-state index contributed by atoms with van der Waals surface area (Å²) in [7, 11) is 0. The molecule has 0 aromatic carbocycles. The van der Waals surface area contributed by atoms with Crippen LogP contribution >= 0.6 is 0 Å². The normalized spacial score (nSPS) is 23.9. The molecule has 18 heavy (non-hydrogen) atoms. The highest BCUT2D eigenvalue weighted by Gasteiger charge is 2.46. The Hall–Kier alpha value is -1.85. The standard InChI is InChI=1S/C12H17NO5/c1-5-7-9(14)6-8(10(15)16)13(7)11(17)18-12(2,3)4/h5,7-8H,1,6H2,2-4H3,(H,15,16)/t7-,8?/m0/s1. The van der Waals surface area contributed by atoms with Crippen LogP contribution in [-0.4, -0.2) is 45.5 Å². The van der Waals surface area contributed by atoms with Gasteiger partial charge in [0.2, 0.25) is 0 Å². The number of carboxylic acids is 1. The number of aliphatic carboxylic acids is 1. The predicted molar refractivity (Wildman–Crippen MR) is 63.1 cm³/mol. The second kappa shape index (κ2) is 4.80. The molecule has 0 aromatic rings. The lowest BCUT2D eigenvalue weighted by atomic mass is 10.2. The summed E-state index contributed by atoms with van der Waals surface area (Å²) in [5.41, 5.74) is -0.752. The summed E-state index contributed by atoms with van der Waals surface area (Å²) in [5, 5.41) is 9.03. The topological polar surface area (TPSA) is 83.9 Å². The first kappa shape index (κ1) is 14.2. The average molecular weight is 255 g/mol. The number of ether oxygens (including phenoxy) is 1. The van der Waals surface area contributed by atoms with Gasteiger partial charge in [-0.1, -0.05) is 6.08 Å². The van der Waals surface area contributed by atoms with E-state index in [-0.39, 0.29) is 12.2 Å². The van der Waals surface area contributed by atoms with Crippen molar-refractivity contribution in [3.8, 4) is 0 Å². The minimum Gasteiger partial charge on any atom is -0.480 e. The number of carbonyl (C=O) groups is 3. The van der Waals surface area contributed by atoms with Gasteiger partial charge in [0.1, 0.15) is 17.7 Å². The Kier molecular flexibility index (Phi) is 3.79. The molecule has 6 nitrogen and oxygen atoms in total. The van der Waals surface area contributed by atoms with E-state index >= 15 is 0 Å². The lowest BCUT2D eigenvalue weighted by Crippen LogP contribution is -2.47. The first-order chi connectivity index (χ1) is 8.17. The maximum atomic E-state index is 11.9. The second-order valence-electron chi connectivity index (χ2n) is 5.09. The number of rotatable bonds is 2. The number of carbonyl (C=O) groups excluding carboxylic acids is 2. The predicted octanol–water partition coefficient (Wildman–Crippen LogP) is 1.20. The van der Waals surface area contributed by atoms with Crippen LogP contribution in [0.1, 0.15) is 27.2 Å². The lowest BCUT2D eigenvalue weighted by molar-refractivity contribution is -0.142. The van der Waals surface area contributed by atoms with E-state index in [1.807, 2.05) is 0 Å². The van der Waals surface area contributed by atoms with Gasteiger partial charge < -0.3 is 9.84 Å². The molecule has 1 N–H and O–H groups in total. The van der Waals surface area contributed by atoms with Crippen LogP contribution in [0.5, 0.6) is 0 Å². The molecule has 0 saturated carbocycles. The van der Waals surface area contributed by atoms with Crippen molar-refractivity contribution in [2.24, 2.45) is 0 Å². The fourth-order valence-corrected chi connectivity index (χ4v) is 1.77. The Morgan fingerprint density at radius 1 is 1.50 bits per heavy atom. The molecule has 1 unspecified atom stereocenters. The number of likely N-dealkylation sites (tertiary alicyclic amines) is 1. The summed E-state index contributed by atoms with van der Waals surface area (Å²) in [6.07, 6.45) is 0.228. The third kappa shape index (κ3) is 2.88. The number of hydrogen-bond acceptors (Lipinski definition) is 4.